The van der Waals surface area contributed by atoms with E-state index in [1.165, 1.54) is 23.9 Å². The molecule has 11 heteroatoms. The van der Waals surface area contributed by atoms with Crippen molar-refractivity contribution in [2.75, 3.05) is 12.4 Å². The normalized spacial score (nSPS) is 17.0. The Labute approximate surface area is 216 Å². The average molecular weight is 557 g/mol. The van der Waals surface area contributed by atoms with Gasteiger partial charge in [-0.15, -0.1) is 0 Å². The number of non-ortho nitro benzene ring substituents is 1. The van der Waals surface area contributed by atoms with Crippen molar-refractivity contribution in [2.24, 2.45) is 0 Å². The number of esters is 1. The SMILES string of the molecule is CCOC(=O)C[n+]1ccc(C2=C(C)N3C(=O)CSC3=C(C#N)C2c2cccc([N+](=O)[O-])c2)cc1.[Br-]. The van der Waals surface area contributed by atoms with Crippen LogP contribution in [0.4, 0.5) is 5.69 Å². The molecule has 0 radical (unpaired) electrons. The number of fused-ring (bicyclic) bond motifs is 1. The van der Waals surface area contributed by atoms with Crippen molar-refractivity contribution in [2.45, 2.75) is 26.3 Å². The van der Waals surface area contributed by atoms with Gasteiger partial charge in [-0.2, -0.15) is 9.83 Å². The van der Waals surface area contributed by atoms with Gasteiger partial charge in [0.1, 0.15) is 0 Å². The number of rotatable bonds is 6. The number of ether oxygens (including phenoxy) is 1. The minimum atomic E-state index is -0.588. The first kappa shape index (κ1) is 26.1. The molecular formula is C24H21BrN4O5S. The topological polar surface area (TPSA) is 117 Å². The Bertz CT molecular complexity index is 1300. The van der Waals surface area contributed by atoms with Crippen LogP contribution >= 0.6 is 11.8 Å². The maximum Gasteiger partial charge on any atom is 0.372 e. The van der Waals surface area contributed by atoms with Crippen LogP contribution in [-0.4, -0.2) is 34.1 Å². The molecule has 1 atom stereocenters. The van der Waals surface area contributed by atoms with Crippen LogP contribution in [0.15, 0.2) is 65.1 Å². The Hall–Kier alpha value is -3.49. The van der Waals surface area contributed by atoms with Gasteiger partial charge in [-0.25, -0.2) is 4.79 Å². The lowest BCUT2D eigenvalue weighted by Crippen LogP contribution is -3.00. The maximum atomic E-state index is 12.7. The number of halogens is 1. The first-order chi connectivity index (χ1) is 16.3. The predicted octanol–water partition coefficient (Wildman–Crippen LogP) is 0.288. The van der Waals surface area contributed by atoms with Crippen LogP contribution in [0.2, 0.25) is 0 Å². The number of nitro benzene ring substituents is 1. The summed E-state index contributed by atoms with van der Waals surface area (Å²) in [5.74, 6) is -0.841. The number of nitro groups is 1. The van der Waals surface area contributed by atoms with Crippen molar-refractivity contribution in [1.82, 2.24) is 4.90 Å². The van der Waals surface area contributed by atoms with Crippen LogP contribution in [0.5, 0.6) is 0 Å². The fraction of sp³-hybridized carbons (Fsp3) is 0.250. The summed E-state index contributed by atoms with van der Waals surface area (Å²) in [7, 11) is 0. The highest BCUT2D eigenvalue weighted by atomic mass is 79.9. The lowest BCUT2D eigenvalue weighted by molar-refractivity contribution is -0.686. The van der Waals surface area contributed by atoms with Crippen molar-refractivity contribution in [3.8, 4) is 6.07 Å². The van der Waals surface area contributed by atoms with Gasteiger partial charge in [0, 0.05) is 35.9 Å². The average Bonchev–Trinajstić information content (AvgIpc) is 3.21. The summed E-state index contributed by atoms with van der Waals surface area (Å²) in [4.78, 5) is 37.0. The molecule has 1 aromatic carbocycles. The van der Waals surface area contributed by atoms with Crippen molar-refractivity contribution in [3.05, 3.63) is 86.3 Å². The quantitative estimate of drug-likeness (QED) is 0.217. The van der Waals surface area contributed by atoms with Crippen LogP contribution in [0, 0.1) is 21.4 Å². The third-order valence-corrected chi connectivity index (χ3v) is 6.74. The van der Waals surface area contributed by atoms with E-state index in [1.807, 2.05) is 6.92 Å². The minimum absolute atomic E-state index is 0. The van der Waals surface area contributed by atoms with Crippen molar-refractivity contribution >= 4 is 34.9 Å². The standard InChI is InChI=1S/C24H21N4O5S.BrH/c1-3-33-21(30)13-26-9-7-16(8-10-26)22-15(2)27-20(29)14-34-24(27)19(12-25)23(22)17-5-4-6-18(11-17)28(31)32;/h4-11,23H,3,13-14H2,1-2H3;1H/q+1;/p-1. The number of hydrogen-bond acceptors (Lipinski definition) is 7. The van der Waals surface area contributed by atoms with E-state index in [2.05, 4.69) is 6.07 Å². The summed E-state index contributed by atoms with van der Waals surface area (Å²) >= 11 is 1.30. The van der Waals surface area contributed by atoms with Gasteiger partial charge >= 0.3 is 5.97 Å². The van der Waals surface area contributed by atoms with Crippen LogP contribution in [-0.2, 0) is 20.9 Å². The van der Waals surface area contributed by atoms with Gasteiger partial charge in [-0.3, -0.25) is 19.8 Å². The second kappa shape index (κ2) is 10.8. The number of hydrogen-bond donors (Lipinski definition) is 0. The van der Waals surface area contributed by atoms with Gasteiger partial charge in [0.15, 0.2) is 12.4 Å². The Morgan fingerprint density at radius 1 is 1.34 bits per heavy atom. The lowest BCUT2D eigenvalue weighted by atomic mass is 9.79. The summed E-state index contributed by atoms with van der Waals surface area (Å²) in [6.45, 7) is 3.90. The molecule has 35 heavy (non-hydrogen) atoms. The molecule has 0 spiro atoms. The zero-order chi connectivity index (χ0) is 24.4. The molecule has 2 aromatic rings. The molecule has 9 nitrogen and oxygen atoms in total. The number of nitriles is 1. The first-order valence-electron chi connectivity index (χ1n) is 10.6. The fourth-order valence-corrected chi connectivity index (χ4v) is 5.32. The van der Waals surface area contributed by atoms with Crippen molar-refractivity contribution < 1.29 is 40.8 Å². The highest BCUT2D eigenvalue weighted by Crippen LogP contribution is 2.51. The van der Waals surface area contributed by atoms with E-state index >= 15 is 0 Å². The molecule has 0 bridgehead atoms. The summed E-state index contributed by atoms with van der Waals surface area (Å²) in [5, 5.41) is 22.1. The van der Waals surface area contributed by atoms with Gasteiger partial charge in [0.2, 0.25) is 12.5 Å². The molecule has 1 amide bonds. The van der Waals surface area contributed by atoms with E-state index in [1.54, 1.807) is 53.0 Å². The summed E-state index contributed by atoms with van der Waals surface area (Å²) in [6, 6.07) is 12.1. The second-order valence-electron chi connectivity index (χ2n) is 7.70. The van der Waals surface area contributed by atoms with Crippen molar-refractivity contribution in [1.29, 1.82) is 5.26 Å². The van der Waals surface area contributed by atoms with Crippen LogP contribution in [0.25, 0.3) is 5.57 Å². The zero-order valence-corrected chi connectivity index (χ0v) is 21.3. The molecule has 4 rings (SSSR count). The van der Waals surface area contributed by atoms with Gasteiger partial charge in [0.25, 0.3) is 5.69 Å². The molecule has 0 aliphatic carbocycles. The van der Waals surface area contributed by atoms with Gasteiger partial charge in [0.05, 0.1) is 34.0 Å². The Balaban J connectivity index is 0.00000342. The number of thioether (sulfide) groups is 1. The van der Waals surface area contributed by atoms with E-state index in [9.17, 15) is 25.0 Å². The third kappa shape index (κ3) is 4.99. The number of carbonyl (C=O) groups is 2. The zero-order valence-electron chi connectivity index (χ0n) is 18.9. The van der Waals surface area contributed by atoms with E-state index in [0.29, 0.717) is 34.0 Å². The largest absolute Gasteiger partial charge is 1.00 e. The van der Waals surface area contributed by atoms with Crippen molar-refractivity contribution in [3.63, 3.8) is 0 Å². The van der Waals surface area contributed by atoms with E-state index < -0.39 is 10.8 Å². The monoisotopic (exact) mass is 556 g/mol. The molecule has 0 N–H and O–H groups in total. The molecule has 3 heterocycles. The number of pyridine rings is 1. The Kier molecular flexibility index (Phi) is 8.09. The minimum Gasteiger partial charge on any atom is -1.00 e. The summed E-state index contributed by atoms with van der Waals surface area (Å²) < 4.78 is 6.66. The molecular weight excluding hydrogens is 536 g/mol. The molecule has 2 aliphatic rings. The van der Waals surface area contributed by atoms with Crippen LogP contribution < -0.4 is 21.5 Å². The van der Waals surface area contributed by atoms with E-state index in [0.717, 1.165) is 5.56 Å². The highest BCUT2D eigenvalue weighted by molar-refractivity contribution is 8.04. The predicted molar refractivity (Wildman–Crippen MR) is 124 cm³/mol. The molecule has 1 saturated heterocycles. The number of benzene rings is 1. The molecule has 1 aromatic heterocycles. The van der Waals surface area contributed by atoms with Gasteiger partial charge in [-0.05, 0) is 30.5 Å². The van der Waals surface area contributed by atoms with E-state index in [-0.39, 0.29) is 46.8 Å². The molecule has 1 fully saturated rings. The number of allylic oxidation sites excluding steroid dienone is 3. The second-order valence-corrected chi connectivity index (χ2v) is 8.66. The van der Waals surface area contributed by atoms with Gasteiger partial charge in [-0.1, -0.05) is 23.9 Å². The van der Waals surface area contributed by atoms with Crippen LogP contribution in [0.3, 0.4) is 0 Å². The van der Waals surface area contributed by atoms with E-state index in [4.69, 9.17) is 4.74 Å². The van der Waals surface area contributed by atoms with Gasteiger partial charge < -0.3 is 21.7 Å². The number of nitrogens with zero attached hydrogens (tertiary/aromatic N) is 4. The molecule has 180 valence electrons. The fourth-order valence-electron chi connectivity index (χ4n) is 4.24. The number of aromatic nitrogens is 1. The molecule has 0 saturated carbocycles. The highest BCUT2D eigenvalue weighted by Gasteiger charge is 2.41. The number of amides is 1. The molecule has 1 unspecified atom stereocenters. The Morgan fingerprint density at radius 3 is 2.69 bits per heavy atom. The number of carbonyl (C=O) groups excluding carboxylic acids is 2. The summed E-state index contributed by atoms with van der Waals surface area (Å²) in [6.07, 6.45) is 3.45. The smallest absolute Gasteiger partial charge is 0.372 e. The summed E-state index contributed by atoms with van der Waals surface area (Å²) in [5.41, 5.74) is 3.01. The first-order valence-corrected chi connectivity index (χ1v) is 11.5. The lowest BCUT2D eigenvalue weighted by Gasteiger charge is -2.33. The molecule has 2 aliphatic heterocycles. The third-order valence-electron chi connectivity index (χ3n) is 5.67. The maximum absolute atomic E-state index is 12.7. The Morgan fingerprint density at radius 2 is 2.06 bits per heavy atom. The van der Waals surface area contributed by atoms with Crippen LogP contribution in [0.1, 0.15) is 30.9 Å².